The second-order valence-electron chi connectivity index (χ2n) is 13.3. The van der Waals surface area contributed by atoms with Gasteiger partial charge in [-0.15, -0.1) is 0 Å². The summed E-state index contributed by atoms with van der Waals surface area (Å²) >= 11 is 0.276. The van der Waals surface area contributed by atoms with Crippen LogP contribution in [0.2, 0.25) is 0 Å². The fraction of sp³-hybridized carbons (Fsp3) is 0. The third-order valence-electron chi connectivity index (χ3n) is 10.6. The van der Waals surface area contributed by atoms with Crippen molar-refractivity contribution in [2.75, 3.05) is 0 Å². The molecule has 236 valence electrons. The Balaban J connectivity index is 1.33. The third-order valence-corrected chi connectivity index (χ3v) is 15.6. The van der Waals surface area contributed by atoms with Crippen molar-refractivity contribution in [2.24, 2.45) is 0 Å². The molecule has 0 atom stereocenters. The van der Waals surface area contributed by atoms with Crippen molar-refractivity contribution >= 4 is 122 Å². The van der Waals surface area contributed by atoms with E-state index >= 15 is 0 Å². The van der Waals surface area contributed by atoms with E-state index in [-0.39, 0.29) is 29.0 Å². The molecule has 0 N–H and O–H groups in total. The zero-order valence-electron chi connectivity index (χ0n) is 27.1. The summed E-state index contributed by atoms with van der Waals surface area (Å²) in [5.41, 5.74) is 6.40. The maximum atomic E-state index is 5.71. The molecule has 0 fully saturated rings. The van der Waals surface area contributed by atoms with Gasteiger partial charge in [-0.1, -0.05) is 0 Å². The molecule has 0 aliphatic heterocycles. The van der Waals surface area contributed by atoms with Gasteiger partial charge in [0.1, 0.15) is 0 Å². The molecule has 4 heterocycles. The van der Waals surface area contributed by atoms with Crippen LogP contribution in [0, 0.1) is 0 Å². The molecule has 12 aromatic rings. The van der Waals surface area contributed by atoms with E-state index in [1.165, 1.54) is 76.6 Å². The number of aromatic nitrogens is 3. The molecule has 4 aromatic heterocycles. The summed E-state index contributed by atoms with van der Waals surface area (Å²) in [5, 5.41) is 12.9. The van der Waals surface area contributed by atoms with E-state index in [0.717, 1.165) is 33.4 Å². The van der Waals surface area contributed by atoms with Gasteiger partial charge >= 0.3 is 305 Å². The van der Waals surface area contributed by atoms with E-state index < -0.39 is 0 Å². The number of hydrogen-bond acceptors (Lipinski definition) is 2. The Hall–Kier alpha value is -5.54. The molecule has 12 rings (SSSR count). The van der Waals surface area contributed by atoms with Crippen LogP contribution in [0.4, 0.5) is 0 Å². The predicted octanol–water partition coefficient (Wildman–Crippen LogP) is 11.4. The van der Waals surface area contributed by atoms with Gasteiger partial charge in [0.25, 0.3) is 0 Å². The molecule has 0 saturated heterocycles. The van der Waals surface area contributed by atoms with Crippen LogP contribution in [0.1, 0.15) is 0 Å². The van der Waals surface area contributed by atoms with E-state index in [1.807, 2.05) is 0 Å². The van der Waals surface area contributed by atoms with E-state index in [4.69, 9.17) is 9.97 Å². The first-order valence-electron chi connectivity index (χ1n) is 17.2. The molecule has 0 aliphatic rings. The summed E-state index contributed by atoms with van der Waals surface area (Å²) in [7, 11) is 0. The first-order chi connectivity index (χ1) is 25.3. The van der Waals surface area contributed by atoms with Gasteiger partial charge in [0, 0.05) is 0 Å². The van der Waals surface area contributed by atoms with Gasteiger partial charge in [-0.2, -0.15) is 0 Å². The van der Waals surface area contributed by atoms with Crippen molar-refractivity contribution in [2.45, 2.75) is 0 Å². The van der Waals surface area contributed by atoms with Gasteiger partial charge in [0.05, 0.1) is 0 Å². The first kappa shape index (κ1) is 28.2. The molecule has 3 nitrogen and oxygen atoms in total. The number of hydrogen-bond donors (Lipinski definition) is 0. The number of para-hydroxylation sites is 1. The molecular weight excluding hydrogens is 752 g/mol. The summed E-state index contributed by atoms with van der Waals surface area (Å²) in [5.74, 6) is 0.897. The summed E-state index contributed by atoms with van der Waals surface area (Å²) in [4.78, 5) is 11.4. The molecule has 51 heavy (non-hydrogen) atoms. The molecule has 8 aromatic carbocycles. The molecule has 0 radical (unpaired) electrons. The van der Waals surface area contributed by atoms with Crippen molar-refractivity contribution < 1.29 is 0 Å². The first-order valence-corrected chi connectivity index (χ1v) is 20.6. The van der Waals surface area contributed by atoms with Crippen LogP contribution in [0.3, 0.4) is 0 Å². The van der Waals surface area contributed by atoms with Crippen LogP contribution in [-0.4, -0.2) is 43.5 Å². The third kappa shape index (κ3) is 3.84. The predicted molar refractivity (Wildman–Crippen MR) is 218 cm³/mol. The summed E-state index contributed by atoms with van der Waals surface area (Å²) in [6.07, 6.45) is 0. The van der Waals surface area contributed by atoms with Gasteiger partial charge in [-0.25, -0.2) is 0 Å². The van der Waals surface area contributed by atoms with Crippen molar-refractivity contribution in [1.29, 1.82) is 0 Å². The Morgan fingerprint density at radius 2 is 1.06 bits per heavy atom. The summed E-state index contributed by atoms with van der Waals surface area (Å²) in [6.45, 7) is 0. The molecule has 0 unspecified atom stereocenters. The zero-order chi connectivity index (χ0) is 33.2. The minimum absolute atomic E-state index is 0.125. The molecule has 5 heteroatoms. The average molecular weight is 778 g/mol. The van der Waals surface area contributed by atoms with Crippen molar-refractivity contribution in [3.8, 4) is 17.1 Å². The molecule has 0 amide bonds. The summed E-state index contributed by atoms with van der Waals surface area (Å²) < 4.78 is 8.15. The number of rotatable bonds is 2. The Morgan fingerprint density at radius 3 is 1.90 bits per heavy atom. The Labute approximate surface area is 303 Å². The Morgan fingerprint density at radius 1 is 0.431 bits per heavy atom. The van der Waals surface area contributed by atoms with E-state index in [1.54, 1.807) is 0 Å². The fourth-order valence-electron chi connectivity index (χ4n) is 8.40. The Kier molecular flexibility index (Phi) is 5.80. The zero-order valence-corrected chi connectivity index (χ0v) is 30.5. The van der Waals surface area contributed by atoms with Crippen LogP contribution in [0.25, 0.3) is 110 Å². The number of nitrogens with zero attached hydrogens (tertiary/aromatic N) is 3. The van der Waals surface area contributed by atoms with E-state index in [0.29, 0.717) is 0 Å². The molecule has 0 aliphatic carbocycles. The standard InChI is InChI=1S/C46H25N3Se2/c1-2-13-27-26(12-1)24-25-35-41(27)48-42(34-20-11-19-31-28-14-6-9-22-37(28)50-44(31)34)46(47-35)49-36-21-8-5-17-32(36)39-29-15-3-4-16-30(29)40-33-18-7-10-23-38(33)51-45(40)43(39)49/h1-25H. The molecule has 0 saturated carbocycles. The van der Waals surface area contributed by atoms with Crippen LogP contribution in [0.5, 0.6) is 0 Å². The maximum absolute atomic E-state index is 5.71. The molecular formula is C46H25N3Se2. The van der Waals surface area contributed by atoms with Crippen molar-refractivity contribution in [3.63, 3.8) is 0 Å². The van der Waals surface area contributed by atoms with Crippen LogP contribution < -0.4 is 0 Å². The van der Waals surface area contributed by atoms with Gasteiger partial charge in [-0.3, -0.25) is 0 Å². The van der Waals surface area contributed by atoms with E-state index in [9.17, 15) is 0 Å². The van der Waals surface area contributed by atoms with Gasteiger partial charge in [0.2, 0.25) is 0 Å². The number of fused-ring (bicyclic) bond motifs is 16. The van der Waals surface area contributed by atoms with Crippen LogP contribution in [-0.2, 0) is 0 Å². The molecule has 0 spiro atoms. The van der Waals surface area contributed by atoms with Crippen LogP contribution in [0.15, 0.2) is 152 Å². The van der Waals surface area contributed by atoms with E-state index in [2.05, 4.69) is 156 Å². The average Bonchev–Trinajstić information content (AvgIpc) is 3.88. The topological polar surface area (TPSA) is 30.7 Å². The monoisotopic (exact) mass is 779 g/mol. The second-order valence-corrected chi connectivity index (χ2v) is 17.7. The fourth-order valence-corrected chi connectivity index (χ4v) is 13.6. The Bertz CT molecular complexity index is 3440. The number of benzene rings is 8. The summed E-state index contributed by atoms with van der Waals surface area (Å²) in [6, 6.07) is 55.5. The van der Waals surface area contributed by atoms with Gasteiger partial charge in [0.15, 0.2) is 0 Å². The second kappa shape index (κ2) is 10.5. The SMILES string of the molecule is c1ccc2c(c1)ccc1nc(-n3c4ccccc4c4c5ccccc5c5c6ccccc6[se]c5c43)c(-c3cccc4c3[se]c3ccccc34)nc12. The van der Waals surface area contributed by atoms with Gasteiger partial charge < -0.3 is 0 Å². The van der Waals surface area contributed by atoms with Crippen molar-refractivity contribution in [1.82, 2.24) is 14.5 Å². The normalized spacial score (nSPS) is 12.3. The van der Waals surface area contributed by atoms with Crippen LogP contribution >= 0.6 is 0 Å². The van der Waals surface area contributed by atoms with Gasteiger partial charge in [-0.05, 0) is 0 Å². The minimum atomic E-state index is 0.125. The quantitative estimate of drug-likeness (QED) is 0.129. The molecule has 0 bridgehead atoms. The van der Waals surface area contributed by atoms with Crippen molar-refractivity contribution in [3.05, 3.63) is 152 Å².